The van der Waals surface area contributed by atoms with Crippen LogP contribution in [-0.4, -0.2) is 38.1 Å². The Morgan fingerprint density at radius 2 is 1.76 bits per heavy atom. The summed E-state index contributed by atoms with van der Waals surface area (Å²) in [6, 6.07) is 18.3. The Bertz CT molecular complexity index is 760. The maximum absolute atomic E-state index is 12.1. The van der Waals surface area contributed by atoms with Crippen molar-refractivity contribution >= 4 is 11.9 Å². The van der Waals surface area contributed by atoms with Crippen LogP contribution in [-0.2, 0) is 17.8 Å². The van der Waals surface area contributed by atoms with Gasteiger partial charge in [-0.05, 0) is 49.9 Å². The average Bonchev–Trinajstić information content (AvgIpc) is 2.76. The molecule has 6 heteroatoms. The van der Waals surface area contributed by atoms with Gasteiger partial charge in [-0.2, -0.15) is 0 Å². The van der Waals surface area contributed by atoms with Gasteiger partial charge in [0.05, 0.1) is 7.11 Å². The van der Waals surface area contributed by atoms with Crippen molar-refractivity contribution in [1.29, 1.82) is 0 Å². The molecule has 0 fully saturated rings. The summed E-state index contributed by atoms with van der Waals surface area (Å²) in [5.74, 6) is 1.34. The summed E-state index contributed by atoms with van der Waals surface area (Å²) < 4.78 is 5.14. The Morgan fingerprint density at radius 3 is 2.41 bits per heavy atom. The number of methoxy groups -OCH3 is 1. The number of benzene rings is 2. The van der Waals surface area contributed by atoms with Gasteiger partial charge in [-0.15, -0.1) is 0 Å². The van der Waals surface area contributed by atoms with E-state index in [-0.39, 0.29) is 18.5 Å². The van der Waals surface area contributed by atoms with Crippen LogP contribution >= 0.6 is 0 Å². The van der Waals surface area contributed by atoms with Crippen LogP contribution in [0.5, 0.6) is 5.75 Å². The highest BCUT2D eigenvalue weighted by atomic mass is 16.5. The zero-order valence-electron chi connectivity index (χ0n) is 17.6. The molecule has 6 nitrogen and oxygen atoms in total. The quantitative estimate of drug-likeness (QED) is 0.426. The first-order valence-electron chi connectivity index (χ1n) is 10.1. The summed E-state index contributed by atoms with van der Waals surface area (Å²) >= 11 is 0. The molecule has 29 heavy (non-hydrogen) atoms. The Kier molecular flexibility index (Phi) is 9.55. The van der Waals surface area contributed by atoms with Gasteiger partial charge in [0.1, 0.15) is 12.3 Å². The fourth-order valence-electron chi connectivity index (χ4n) is 2.80. The summed E-state index contributed by atoms with van der Waals surface area (Å²) in [4.78, 5) is 16.6. The topological polar surface area (TPSA) is 74.8 Å². The summed E-state index contributed by atoms with van der Waals surface area (Å²) in [5, 5.41) is 9.46. The maximum atomic E-state index is 12.1. The number of hydrogen-bond acceptors (Lipinski definition) is 3. The van der Waals surface area contributed by atoms with Crippen LogP contribution in [0.3, 0.4) is 0 Å². The van der Waals surface area contributed by atoms with Crippen molar-refractivity contribution in [3.63, 3.8) is 0 Å². The van der Waals surface area contributed by atoms with E-state index in [2.05, 4.69) is 52.1 Å². The van der Waals surface area contributed by atoms with Gasteiger partial charge >= 0.3 is 0 Å². The molecule has 0 saturated heterocycles. The van der Waals surface area contributed by atoms with Crippen molar-refractivity contribution in [2.24, 2.45) is 4.99 Å². The molecule has 2 rings (SSSR count). The minimum atomic E-state index is -0.116. The molecule has 0 aliphatic carbocycles. The van der Waals surface area contributed by atoms with E-state index in [4.69, 9.17) is 4.74 Å². The Balaban J connectivity index is 1.77. The number of hydrogen-bond donors (Lipinski definition) is 3. The van der Waals surface area contributed by atoms with Gasteiger partial charge in [0.25, 0.3) is 0 Å². The Hall–Kier alpha value is -3.02. The van der Waals surface area contributed by atoms with Gasteiger partial charge in [0, 0.05) is 19.1 Å². The van der Waals surface area contributed by atoms with Crippen LogP contribution in [0.1, 0.15) is 31.4 Å². The molecule has 0 aliphatic heterocycles. The van der Waals surface area contributed by atoms with E-state index in [1.54, 1.807) is 7.11 Å². The standard InChI is InChI=1S/C23H32N4O2/c1-4-24-23(27-18(2)10-11-19-8-6-5-7-9-19)26-17-22(28)25-16-20-12-14-21(29-3)15-13-20/h5-9,12-15,18H,4,10-11,16-17H2,1-3H3,(H,25,28)(H2,24,26,27). The fourth-order valence-corrected chi connectivity index (χ4v) is 2.80. The number of amides is 1. The number of aliphatic imine (C=N–C) groups is 1. The average molecular weight is 397 g/mol. The number of rotatable bonds is 10. The third kappa shape index (κ3) is 8.68. The number of ether oxygens (including phenoxy) is 1. The van der Waals surface area contributed by atoms with Crippen molar-refractivity contribution in [3.8, 4) is 5.75 Å². The summed E-state index contributed by atoms with van der Waals surface area (Å²) in [6.07, 6.45) is 1.98. The predicted octanol–water partition coefficient (Wildman–Crippen LogP) is 2.89. The summed E-state index contributed by atoms with van der Waals surface area (Å²) in [6.45, 7) is 5.42. The van der Waals surface area contributed by atoms with Gasteiger partial charge in [-0.3, -0.25) is 4.79 Å². The highest BCUT2D eigenvalue weighted by molar-refractivity contribution is 5.85. The van der Waals surface area contributed by atoms with Crippen molar-refractivity contribution in [2.45, 2.75) is 39.3 Å². The lowest BCUT2D eigenvalue weighted by Gasteiger charge is -2.18. The Morgan fingerprint density at radius 1 is 1.03 bits per heavy atom. The van der Waals surface area contributed by atoms with E-state index in [0.29, 0.717) is 12.5 Å². The molecule has 0 aliphatic rings. The molecule has 0 heterocycles. The number of guanidine groups is 1. The van der Waals surface area contributed by atoms with Gasteiger partial charge in [-0.25, -0.2) is 4.99 Å². The lowest BCUT2D eigenvalue weighted by atomic mass is 10.1. The van der Waals surface area contributed by atoms with Crippen LogP contribution in [0.4, 0.5) is 0 Å². The number of nitrogens with one attached hydrogen (secondary N) is 3. The molecule has 0 radical (unpaired) electrons. The van der Waals surface area contributed by atoms with Gasteiger partial charge < -0.3 is 20.7 Å². The van der Waals surface area contributed by atoms with Gasteiger partial charge in [0.2, 0.25) is 5.91 Å². The number of carbonyl (C=O) groups is 1. The first kappa shape index (κ1) is 22.3. The van der Waals surface area contributed by atoms with Crippen LogP contribution in [0, 0.1) is 0 Å². The number of aryl methyl sites for hydroxylation is 1. The molecule has 1 amide bonds. The molecule has 156 valence electrons. The normalized spacial score (nSPS) is 12.2. The number of nitrogens with zero attached hydrogens (tertiary/aromatic N) is 1. The summed E-state index contributed by atoms with van der Waals surface area (Å²) in [5.41, 5.74) is 2.34. The highest BCUT2D eigenvalue weighted by Gasteiger charge is 2.07. The van der Waals surface area contributed by atoms with Crippen molar-refractivity contribution in [2.75, 3.05) is 20.2 Å². The third-order valence-corrected chi connectivity index (χ3v) is 4.47. The molecular weight excluding hydrogens is 364 g/mol. The van der Waals surface area contributed by atoms with E-state index in [0.717, 1.165) is 30.7 Å². The first-order chi connectivity index (χ1) is 14.1. The molecule has 2 aromatic rings. The first-order valence-corrected chi connectivity index (χ1v) is 10.1. The molecule has 1 unspecified atom stereocenters. The molecule has 0 spiro atoms. The van der Waals surface area contributed by atoms with Crippen LogP contribution < -0.4 is 20.7 Å². The zero-order chi connectivity index (χ0) is 20.9. The van der Waals surface area contributed by atoms with E-state index >= 15 is 0 Å². The highest BCUT2D eigenvalue weighted by Crippen LogP contribution is 2.10. The van der Waals surface area contributed by atoms with E-state index < -0.39 is 0 Å². The second-order valence-electron chi connectivity index (χ2n) is 6.89. The lowest BCUT2D eigenvalue weighted by Crippen LogP contribution is -2.43. The third-order valence-electron chi connectivity index (χ3n) is 4.47. The second kappa shape index (κ2) is 12.4. The molecule has 0 bridgehead atoms. The smallest absolute Gasteiger partial charge is 0.242 e. The molecule has 0 saturated carbocycles. The van der Waals surface area contributed by atoms with Crippen LogP contribution in [0.25, 0.3) is 0 Å². The zero-order valence-corrected chi connectivity index (χ0v) is 17.6. The molecule has 3 N–H and O–H groups in total. The van der Waals surface area contributed by atoms with Crippen molar-refractivity contribution < 1.29 is 9.53 Å². The van der Waals surface area contributed by atoms with Crippen LogP contribution in [0.2, 0.25) is 0 Å². The van der Waals surface area contributed by atoms with E-state index in [1.165, 1.54) is 5.56 Å². The maximum Gasteiger partial charge on any atom is 0.242 e. The lowest BCUT2D eigenvalue weighted by molar-refractivity contribution is -0.119. The fraction of sp³-hybridized carbons (Fsp3) is 0.391. The minimum absolute atomic E-state index is 0.0803. The largest absolute Gasteiger partial charge is 0.497 e. The van der Waals surface area contributed by atoms with E-state index in [1.807, 2.05) is 37.3 Å². The molecule has 2 aromatic carbocycles. The molecular formula is C23H32N4O2. The van der Waals surface area contributed by atoms with Gasteiger partial charge in [0.15, 0.2) is 5.96 Å². The molecule has 1 atom stereocenters. The van der Waals surface area contributed by atoms with Crippen molar-refractivity contribution in [1.82, 2.24) is 16.0 Å². The van der Waals surface area contributed by atoms with E-state index in [9.17, 15) is 4.79 Å². The van der Waals surface area contributed by atoms with Crippen LogP contribution in [0.15, 0.2) is 59.6 Å². The molecule has 0 aromatic heterocycles. The summed E-state index contributed by atoms with van der Waals surface area (Å²) in [7, 11) is 1.63. The SMILES string of the molecule is CCNC(=NCC(=O)NCc1ccc(OC)cc1)NC(C)CCc1ccccc1. The minimum Gasteiger partial charge on any atom is -0.497 e. The van der Waals surface area contributed by atoms with Gasteiger partial charge in [-0.1, -0.05) is 42.5 Å². The Labute approximate surface area is 173 Å². The second-order valence-corrected chi connectivity index (χ2v) is 6.89. The number of carbonyl (C=O) groups excluding carboxylic acids is 1. The predicted molar refractivity (Wildman–Crippen MR) is 118 cm³/mol. The van der Waals surface area contributed by atoms with Crippen molar-refractivity contribution in [3.05, 3.63) is 65.7 Å². The monoisotopic (exact) mass is 396 g/mol.